The van der Waals surface area contributed by atoms with E-state index in [2.05, 4.69) is 17.5 Å². The Morgan fingerprint density at radius 1 is 1.38 bits per heavy atom. The predicted octanol–water partition coefficient (Wildman–Crippen LogP) is -1.04. The molecule has 74 valence electrons. The summed E-state index contributed by atoms with van der Waals surface area (Å²) in [7, 11) is 2.78. The fraction of sp³-hybridized carbons (Fsp3) is 0.500. The van der Waals surface area contributed by atoms with Crippen molar-refractivity contribution < 1.29 is 19.8 Å². The van der Waals surface area contributed by atoms with E-state index in [4.69, 9.17) is 10.2 Å². The van der Waals surface area contributed by atoms with Gasteiger partial charge in [-0.15, -0.1) is 0 Å². The highest BCUT2D eigenvalue weighted by molar-refractivity contribution is 7.80. The summed E-state index contributed by atoms with van der Waals surface area (Å²) >= 11 is 4.68. The number of thiocarbonyl (C=S) groups is 1. The number of carboxylic acid groups (broad SMARTS) is 2. The van der Waals surface area contributed by atoms with Crippen LogP contribution in [-0.4, -0.2) is 52.3 Å². The van der Waals surface area contributed by atoms with Gasteiger partial charge >= 0.3 is 11.9 Å². The number of aliphatic carboxylic acids is 2. The molecular weight excluding hydrogens is 196 g/mol. The molecule has 0 aromatic carbocycles. The molecule has 0 bridgehead atoms. The highest BCUT2D eigenvalue weighted by Crippen LogP contribution is 1.97. The van der Waals surface area contributed by atoms with Gasteiger partial charge in [-0.05, 0) is 12.2 Å². The van der Waals surface area contributed by atoms with Crippen molar-refractivity contribution in [2.24, 2.45) is 0 Å². The van der Waals surface area contributed by atoms with Crippen LogP contribution in [0.3, 0.4) is 0 Å². The molecule has 0 saturated heterocycles. The maximum absolute atomic E-state index is 10.5. The molecule has 3 N–H and O–H groups in total. The van der Waals surface area contributed by atoms with Crippen LogP contribution in [0.5, 0.6) is 0 Å². The van der Waals surface area contributed by atoms with E-state index in [0.717, 1.165) is 4.90 Å². The van der Waals surface area contributed by atoms with Gasteiger partial charge in [0.25, 0.3) is 0 Å². The molecular formula is C6H10N2O4S. The second-order valence-electron chi connectivity index (χ2n) is 2.25. The molecule has 0 rings (SSSR count). The van der Waals surface area contributed by atoms with Crippen LogP contribution >= 0.6 is 12.2 Å². The van der Waals surface area contributed by atoms with Crippen molar-refractivity contribution in [1.29, 1.82) is 0 Å². The third kappa shape index (κ3) is 2.86. The molecule has 0 radical (unpaired) electrons. The number of carbonyl (C=O) groups is 2. The third-order valence-corrected chi connectivity index (χ3v) is 1.88. The Hall–Kier alpha value is -1.37. The van der Waals surface area contributed by atoms with Crippen LogP contribution < -0.4 is 5.32 Å². The third-order valence-electron chi connectivity index (χ3n) is 1.39. The first-order valence-electron chi connectivity index (χ1n) is 3.32. The first kappa shape index (κ1) is 11.6. The van der Waals surface area contributed by atoms with E-state index in [0.29, 0.717) is 0 Å². The number of hydrogen-bond acceptors (Lipinski definition) is 3. The molecule has 0 amide bonds. The summed E-state index contributed by atoms with van der Waals surface area (Å²) in [4.78, 5) is 21.9. The molecule has 7 heteroatoms. The minimum Gasteiger partial charge on any atom is -0.479 e. The van der Waals surface area contributed by atoms with E-state index in [-0.39, 0.29) is 5.11 Å². The molecule has 0 unspecified atom stereocenters. The molecule has 13 heavy (non-hydrogen) atoms. The number of nitrogens with zero attached hydrogens (tertiary/aromatic N) is 1. The van der Waals surface area contributed by atoms with Gasteiger partial charge < -0.3 is 20.4 Å². The molecule has 0 atom stereocenters. The second-order valence-corrected chi connectivity index (χ2v) is 2.63. The fourth-order valence-electron chi connectivity index (χ4n) is 0.731. The zero-order chi connectivity index (χ0) is 10.6. The van der Waals surface area contributed by atoms with Gasteiger partial charge in [0.2, 0.25) is 6.04 Å². The normalized spacial score (nSPS) is 9.46. The van der Waals surface area contributed by atoms with Gasteiger partial charge in [0.1, 0.15) is 0 Å². The minimum absolute atomic E-state index is 0.0646. The molecule has 0 fully saturated rings. The van der Waals surface area contributed by atoms with Gasteiger partial charge in [-0.25, -0.2) is 9.59 Å². The molecule has 0 saturated carbocycles. The summed E-state index contributed by atoms with van der Waals surface area (Å²) in [5.41, 5.74) is 0. The van der Waals surface area contributed by atoms with Gasteiger partial charge in [-0.2, -0.15) is 0 Å². The Balaban J connectivity index is 4.65. The standard InChI is InChI=1S/C6H10N2O4S/c1-7-6(13)8(2)3(4(9)10)5(11)12/h3H,1-2H3,(H,7,13)(H,9,10)(H,11,12). The van der Waals surface area contributed by atoms with E-state index < -0.39 is 18.0 Å². The number of likely N-dealkylation sites (N-methyl/N-ethyl adjacent to an activating group) is 1. The lowest BCUT2D eigenvalue weighted by Crippen LogP contribution is -2.50. The van der Waals surface area contributed by atoms with Crippen LogP contribution in [-0.2, 0) is 9.59 Å². The molecule has 0 spiro atoms. The van der Waals surface area contributed by atoms with Crippen LogP contribution in [0.15, 0.2) is 0 Å². The number of carboxylic acids is 2. The lowest BCUT2D eigenvalue weighted by molar-refractivity contribution is -0.153. The van der Waals surface area contributed by atoms with Gasteiger partial charge in [-0.3, -0.25) is 0 Å². The molecule has 0 aromatic heterocycles. The number of nitrogens with one attached hydrogen (secondary N) is 1. The average molecular weight is 206 g/mol. The summed E-state index contributed by atoms with van der Waals surface area (Å²) in [5.74, 6) is -2.90. The van der Waals surface area contributed by atoms with E-state index >= 15 is 0 Å². The zero-order valence-electron chi connectivity index (χ0n) is 7.14. The average Bonchev–Trinajstić information content (AvgIpc) is 2.01. The van der Waals surface area contributed by atoms with Gasteiger partial charge in [-0.1, -0.05) is 0 Å². The van der Waals surface area contributed by atoms with Crippen molar-refractivity contribution in [3.63, 3.8) is 0 Å². The Bertz CT molecular complexity index is 229. The SMILES string of the molecule is CNC(=S)N(C)C(C(=O)O)C(=O)O. The van der Waals surface area contributed by atoms with Crippen molar-refractivity contribution >= 4 is 29.3 Å². The smallest absolute Gasteiger partial charge is 0.338 e. The minimum atomic E-state index is -1.65. The van der Waals surface area contributed by atoms with E-state index in [1.807, 2.05) is 0 Å². The van der Waals surface area contributed by atoms with Crippen LogP contribution in [0.1, 0.15) is 0 Å². The van der Waals surface area contributed by atoms with Crippen LogP contribution in [0.2, 0.25) is 0 Å². The van der Waals surface area contributed by atoms with Crippen LogP contribution in [0.4, 0.5) is 0 Å². The predicted molar refractivity (Wildman–Crippen MR) is 48.5 cm³/mol. The Morgan fingerprint density at radius 2 is 1.77 bits per heavy atom. The van der Waals surface area contributed by atoms with Gasteiger partial charge in [0.05, 0.1) is 0 Å². The molecule has 6 nitrogen and oxygen atoms in total. The number of hydrogen-bond donors (Lipinski definition) is 3. The number of rotatable bonds is 3. The molecule has 0 aliphatic rings. The fourth-order valence-corrected chi connectivity index (χ4v) is 0.836. The van der Waals surface area contributed by atoms with Gasteiger partial charge in [0.15, 0.2) is 5.11 Å². The Morgan fingerprint density at radius 3 is 2.00 bits per heavy atom. The van der Waals surface area contributed by atoms with Crippen LogP contribution in [0.25, 0.3) is 0 Å². The lowest BCUT2D eigenvalue weighted by Gasteiger charge is -2.23. The maximum atomic E-state index is 10.5. The molecule has 0 aliphatic heterocycles. The topological polar surface area (TPSA) is 89.9 Å². The van der Waals surface area contributed by atoms with Crippen molar-refractivity contribution in [1.82, 2.24) is 10.2 Å². The summed E-state index contributed by atoms with van der Waals surface area (Å²) in [6.07, 6.45) is 0. The van der Waals surface area contributed by atoms with Crippen LogP contribution in [0, 0.1) is 0 Å². The monoisotopic (exact) mass is 206 g/mol. The summed E-state index contributed by atoms with van der Waals surface area (Å²) in [5, 5.41) is 19.6. The first-order chi connectivity index (χ1) is 5.91. The highest BCUT2D eigenvalue weighted by atomic mass is 32.1. The second kappa shape index (κ2) is 4.61. The van der Waals surface area contributed by atoms with E-state index in [1.54, 1.807) is 0 Å². The van der Waals surface area contributed by atoms with Crippen molar-refractivity contribution in [3.8, 4) is 0 Å². The van der Waals surface area contributed by atoms with Crippen molar-refractivity contribution in [2.45, 2.75) is 6.04 Å². The van der Waals surface area contributed by atoms with E-state index in [1.165, 1.54) is 14.1 Å². The highest BCUT2D eigenvalue weighted by Gasteiger charge is 2.31. The molecule has 0 aromatic rings. The molecule has 0 aliphatic carbocycles. The largest absolute Gasteiger partial charge is 0.479 e. The summed E-state index contributed by atoms with van der Waals surface area (Å²) in [6, 6.07) is -1.65. The first-order valence-corrected chi connectivity index (χ1v) is 3.72. The quantitative estimate of drug-likeness (QED) is 0.401. The summed E-state index contributed by atoms with van der Waals surface area (Å²) in [6.45, 7) is 0. The molecule has 0 heterocycles. The maximum Gasteiger partial charge on any atom is 0.338 e. The zero-order valence-corrected chi connectivity index (χ0v) is 7.96. The van der Waals surface area contributed by atoms with Gasteiger partial charge in [0, 0.05) is 14.1 Å². The lowest BCUT2D eigenvalue weighted by atomic mass is 10.3. The Labute approximate surface area is 80.1 Å². The Kier molecular flexibility index (Phi) is 4.12. The van der Waals surface area contributed by atoms with Crippen molar-refractivity contribution in [3.05, 3.63) is 0 Å². The summed E-state index contributed by atoms with van der Waals surface area (Å²) < 4.78 is 0. The van der Waals surface area contributed by atoms with Crippen molar-refractivity contribution in [2.75, 3.05) is 14.1 Å². The van der Waals surface area contributed by atoms with E-state index in [9.17, 15) is 9.59 Å².